The zero-order valence-corrected chi connectivity index (χ0v) is 16.0. The summed E-state index contributed by atoms with van der Waals surface area (Å²) in [6, 6.07) is -0.626. The van der Waals surface area contributed by atoms with Crippen LogP contribution in [0.1, 0.15) is 0 Å². The van der Waals surface area contributed by atoms with Crippen molar-refractivity contribution in [1.29, 1.82) is 0 Å². The lowest BCUT2D eigenvalue weighted by Crippen LogP contribution is -2.68. The predicted octanol–water partition coefficient (Wildman–Crippen LogP) is 0.0204. The minimum atomic E-state index is -1.12. The molecule has 1 saturated heterocycles. The molecule has 0 aromatic rings. The normalized spacial score (nSPS) is 27.0. The molecule has 0 unspecified atom stereocenters. The van der Waals surface area contributed by atoms with Crippen LogP contribution in [0, 0.1) is 0 Å². The quantitative estimate of drug-likeness (QED) is 0.474. The first-order valence-corrected chi connectivity index (χ1v) is 10.00. The standard InChI is InChI=1S/C16H18N6O3S2/c1-20-6-9(17)22-11(20)3-2-10(19-22)26-5-4-8-7-27-15-12(18)14(23)21(15)13(8)16(24)25/h2-6,12,15,19H,7,17-18H2,1H3,(H,24,25)/b5-4+/t12-,15+/m1/s1. The van der Waals surface area contributed by atoms with Crippen LogP contribution in [0.5, 0.6) is 0 Å². The number of allylic oxidation sites excluding steroid dienone is 3. The molecule has 142 valence electrons. The summed E-state index contributed by atoms with van der Waals surface area (Å²) < 4.78 is 0. The number of carbonyl (C=O) groups excluding carboxylic acids is 1. The van der Waals surface area contributed by atoms with Crippen molar-refractivity contribution < 1.29 is 14.7 Å². The van der Waals surface area contributed by atoms with E-state index in [2.05, 4.69) is 5.43 Å². The van der Waals surface area contributed by atoms with Gasteiger partial charge in [0, 0.05) is 19.0 Å². The number of carboxylic acids is 1. The number of nitrogens with two attached hydrogens (primary N) is 2. The molecule has 4 rings (SSSR count). The van der Waals surface area contributed by atoms with Gasteiger partial charge in [0.15, 0.2) is 0 Å². The number of amides is 1. The molecule has 0 saturated carbocycles. The molecule has 0 aromatic heterocycles. The van der Waals surface area contributed by atoms with Gasteiger partial charge in [-0.15, -0.1) is 11.8 Å². The fourth-order valence-corrected chi connectivity index (χ4v) is 5.08. The lowest BCUT2D eigenvalue weighted by molar-refractivity contribution is -0.147. The molecule has 9 nitrogen and oxygen atoms in total. The number of fused-ring (bicyclic) bond motifs is 2. The highest BCUT2D eigenvalue weighted by molar-refractivity contribution is 8.05. The highest BCUT2D eigenvalue weighted by atomic mass is 32.2. The van der Waals surface area contributed by atoms with Gasteiger partial charge in [-0.25, -0.2) is 9.80 Å². The molecular weight excluding hydrogens is 388 g/mol. The second kappa shape index (κ2) is 6.59. The van der Waals surface area contributed by atoms with E-state index in [0.29, 0.717) is 17.1 Å². The fraction of sp³-hybridized carbons (Fsp3) is 0.250. The number of hydrazine groups is 1. The van der Waals surface area contributed by atoms with Crippen molar-refractivity contribution in [3.8, 4) is 0 Å². The molecule has 4 aliphatic heterocycles. The molecule has 4 aliphatic rings. The van der Waals surface area contributed by atoms with Gasteiger partial charge in [0.25, 0.3) is 0 Å². The number of β-lactam (4-membered cyclic amide) rings is 1. The molecule has 1 fully saturated rings. The third kappa shape index (κ3) is 2.87. The number of rotatable bonds is 4. The zero-order chi connectivity index (χ0) is 19.3. The van der Waals surface area contributed by atoms with Crippen LogP contribution in [0.15, 0.2) is 57.8 Å². The van der Waals surface area contributed by atoms with Gasteiger partial charge in [-0.2, -0.15) is 0 Å². The summed E-state index contributed by atoms with van der Waals surface area (Å²) in [4.78, 5) is 26.8. The lowest BCUT2D eigenvalue weighted by Gasteiger charge is -2.47. The average Bonchev–Trinajstić information content (AvgIpc) is 2.94. The van der Waals surface area contributed by atoms with E-state index in [9.17, 15) is 14.7 Å². The van der Waals surface area contributed by atoms with E-state index < -0.39 is 12.0 Å². The van der Waals surface area contributed by atoms with Gasteiger partial charge in [0.2, 0.25) is 5.91 Å². The molecule has 2 atom stereocenters. The van der Waals surface area contributed by atoms with Crippen LogP contribution >= 0.6 is 23.5 Å². The maximum absolute atomic E-state index is 11.9. The van der Waals surface area contributed by atoms with E-state index in [4.69, 9.17) is 11.5 Å². The second-order valence-corrected chi connectivity index (χ2v) is 8.26. The number of aliphatic carboxylic acids is 1. The molecule has 4 heterocycles. The van der Waals surface area contributed by atoms with E-state index in [1.165, 1.54) is 28.4 Å². The predicted molar refractivity (Wildman–Crippen MR) is 104 cm³/mol. The number of nitrogens with zero attached hydrogens (tertiary/aromatic N) is 3. The van der Waals surface area contributed by atoms with Crippen LogP contribution in [0.3, 0.4) is 0 Å². The van der Waals surface area contributed by atoms with Gasteiger partial charge in [0.05, 0.1) is 5.03 Å². The molecular formula is C16H18N6O3S2. The van der Waals surface area contributed by atoms with Gasteiger partial charge in [-0.1, -0.05) is 11.8 Å². The highest BCUT2D eigenvalue weighted by Gasteiger charge is 2.51. The molecule has 0 aliphatic carbocycles. The Hall–Kier alpha value is -2.50. The summed E-state index contributed by atoms with van der Waals surface area (Å²) in [5.74, 6) is 0.518. The Morgan fingerprint density at radius 3 is 3.00 bits per heavy atom. The highest BCUT2D eigenvalue weighted by Crippen LogP contribution is 2.40. The number of carboxylic acid groups (broad SMARTS) is 1. The number of thioether (sulfide) groups is 2. The summed E-state index contributed by atoms with van der Waals surface area (Å²) in [7, 11) is 1.91. The third-order valence-electron chi connectivity index (χ3n) is 4.49. The smallest absolute Gasteiger partial charge is 0.352 e. The molecule has 0 spiro atoms. The maximum atomic E-state index is 11.9. The SMILES string of the molecule is CN1C=C(N)N2NC(S/C=C/C3=C(C(=O)O)N4C(=O)[C@@H](N)[C@@H]4SC3)=CC=C12. The van der Waals surface area contributed by atoms with Crippen molar-refractivity contribution in [2.24, 2.45) is 11.5 Å². The molecule has 27 heavy (non-hydrogen) atoms. The monoisotopic (exact) mass is 406 g/mol. The Morgan fingerprint density at radius 2 is 2.26 bits per heavy atom. The first kappa shape index (κ1) is 17.9. The largest absolute Gasteiger partial charge is 0.477 e. The Labute approximate surface area is 164 Å². The van der Waals surface area contributed by atoms with Crippen LogP contribution in [0.2, 0.25) is 0 Å². The minimum absolute atomic E-state index is 0.0170. The van der Waals surface area contributed by atoms with Crippen molar-refractivity contribution in [3.63, 3.8) is 0 Å². The van der Waals surface area contributed by atoms with Crippen molar-refractivity contribution in [2.45, 2.75) is 11.4 Å². The summed E-state index contributed by atoms with van der Waals surface area (Å²) in [6.45, 7) is 0. The number of nitrogens with one attached hydrogen (secondary N) is 1. The van der Waals surface area contributed by atoms with Crippen molar-refractivity contribution in [2.75, 3.05) is 12.8 Å². The molecule has 0 aromatic carbocycles. The van der Waals surface area contributed by atoms with E-state index in [1.807, 2.05) is 30.3 Å². The fourth-order valence-electron chi connectivity index (χ4n) is 3.15. The molecule has 0 bridgehead atoms. The lowest BCUT2D eigenvalue weighted by atomic mass is 10.0. The molecule has 11 heteroatoms. The number of hydrogen-bond donors (Lipinski definition) is 4. The third-order valence-corrected chi connectivity index (χ3v) is 6.56. The summed E-state index contributed by atoms with van der Waals surface area (Å²) in [5.41, 5.74) is 15.5. The van der Waals surface area contributed by atoms with Gasteiger partial charge >= 0.3 is 5.97 Å². The first-order chi connectivity index (χ1) is 12.9. The number of carbonyl (C=O) groups is 2. The van der Waals surface area contributed by atoms with Gasteiger partial charge in [-0.05, 0) is 29.2 Å². The van der Waals surface area contributed by atoms with Crippen LogP contribution < -0.4 is 16.9 Å². The van der Waals surface area contributed by atoms with Crippen LogP contribution in [0.4, 0.5) is 0 Å². The van der Waals surface area contributed by atoms with E-state index >= 15 is 0 Å². The van der Waals surface area contributed by atoms with Crippen molar-refractivity contribution >= 4 is 35.4 Å². The molecule has 6 N–H and O–H groups in total. The van der Waals surface area contributed by atoms with Crippen molar-refractivity contribution in [1.82, 2.24) is 20.2 Å². The summed E-state index contributed by atoms with van der Waals surface area (Å²) in [6.07, 6.45) is 7.39. The van der Waals surface area contributed by atoms with Gasteiger partial charge in [0.1, 0.15) is 28.8 Å². The Morgan fingerprint density at radius 1 is 1.48 bits per heavy atom. The zero-order valence-electron chi connectivity index (χ0n) is 14.3. The van der Waals surface area contributed by atoms with E-state index in [0.717, 1.165) is 10.9 Å². The maximum Gasteiger partial charge on any atom is 0.352 e. The van der Waals surface area contributed by atoms with Gasteiger partial charge in [-0.3, -0.25) is 15.1 Å². The second-order valence-electron chi connectivity index (χ2n) is 6.20. The topological polar surface area (TPSA) is 128 Å². The Bertz CT molecular complexity index is 877. The average molecular weight is 406 g/mol. The van der Waals surface area contributed by atoms with E-state index in [-0.39, 0.29) is 17.0 Å². The van der Waals surface area contributed by atoms with Crippen LogP contribution in [0.25, 0.3) is 0 Å². The van der Waals surface area contributed by atoms with Crippen LogP contribution in [-0.4, -0.2) is 56.0 Å². The summed E-state index contributed by atoms with van der Waals surface area (Å²) in [5, 5.41) is 13.6. The van der Waals surface area contributed by atoms with Crippen molar-refractivity contribution in [3.05, 3.63) is 57.8 Å². The molecule has 0 radical (unpaired) electrons. The molecule has 1 amide bonds. The first-order valence-electron chi connectivity index (χ1n) is 8.07. The van der Waals surface area contributed by atoms with E-state index in [1.54, 1.807) is 16.5 Å². The Balaban J connectivity index is 1.49. The number of hydrogen-bond acceptors (Lipinski definition) is 9. The summed E-state index contributed by atoms with van der Waals surface area (Å²) >= 11 is 2.87. The Kier molecular flexibility index (Phi) is 4.36. The minimum Gasteiger partial charge on any atom is -0.477 e. The van der Waals surface area contributed by atoms with Gasteiger partial charge < -0.3 is 21.5 Å². The van der Waals surface area contributed by atoms with Crippen LogP contribution in [-0.2, 0) is 9.59 Å².